The molecule has 0 fully saturated rings. The molecule has 0 saturated carbocycles. The summed E-state index contributed by atoms with van der Waals surface area (Å²) in [4.78, 5) is 18.3. The van der Waals surface area contributed by atoms with Gasteiger partial charge in [0.05, 0.1) is 6.61 Å². The summed E-state index contributed by atoms with van der Waals surface area (Å²) < 4.78 is 10.5. The Morgan fingerprint density at radius 2 is 2.19 bits per heavy atom. The molecule has 0 bridgehead atoms. The summed E-state index contributed by atoms with van der Waals surface area (Å²) in [6.45, 7) is 4.61. The number of hydrogen-bond donors (Lipinski definition) is 1. The van der Waals surface area contributed by atoms with Crippen LogP contribution in [0.15, 0.2) is 12.4 Å². The topological polar surface area (TPSA) is 81.5 Å². The van der Waals surface area contributed by atoms with Crippen molar-refractivity contribution >= 4 is 5.97 Å². The molecule has 1 unspecified atom stereocenters. The van der Waals surface area contributed by atoms with Crippen LogP contribution >= 0.6 is 0 Å². The lowest BCUT2D eigenvalue weighted by atomic mass is 10.4. The Hall–Kier alpha value is -1.69. The van der Waals surface area contributed by atoms with Crippen LogP contribution in [-0.4, -0.2) is 40.4 Å². The Balaban J connectivity index is 2.69. The van der Waals surface area contributed by atoms with Crippen LogP contribution in [0.4, 0.5) is 0 Å². The number of ether oxygens (including phenoxy) is 2. The summed E-state index contributed by atoms with van der Waals surface area (Å²) >= 11 is 0. The molecule has 1 aromatic heterocycles. The van der Waals surface area contributed by atoms with Gasteiger partial charge in [0.2, 0.25) is 11.6 Å². The lowest BCUT2D eigenvalue weighted by molar-refractivity contribution is 0.0580. The molecule has 0 aliphatic carbocycles. The molecular formula is C10H14N2O4. The van der Waals surface area contributed by atoms with Gasteiger partial charge in [0.15, 0.2) is 0 Å². The molecule has 0 aliphatic rings. The molecule has 1 rings (SSSR count). The van der Waals surface area contributed by atoms with Crippen LogP contribution in [0.3, 0.4) is 0 Å². The third kappa shape index (κ3) is 3.47. The van der Waals surface area contributed by atoms with Gasteiger partial charge in [-0.1, -0.05) is 0 Å². The quantitative estimate of drug-likeness (QED) is 0.778. The summed E-state index contributed by atoms with van der Waals surface area (Å²) in [5.74, 6) is -1.14. The highest BCUT2D eigenvalue weighted by Crippen LogP contribution is 2.13. The highest BCUT2D eigenvalue weighted by molar-refractivity contribution is 5.87. The van der Waals surface area contributed by atoms with Gasteiger partial charge >= 0.3 is 5.97 Å². The van der Waals surface area contributed by atoms with E-state index in [9.17, 15) is 4.79 Å². The molecule has 0 spiro atoms. The maximum Gasteiger partial charge on any atom is 0.360 e. The third-order valence-electron chi connectivity index (χ3n) is 1.74. The molecule has 6 heteroatoms. The van der Waals surface area contributed by atoms with Crippen LogP contribution in [-0.2, 0) is 4.74 Å². The number of hydrogen-bond acceptors (Lipinski definition) is 5. The van der Waals surface area contributed by atoms with Crippen LogP contribution < -0.4 is 4.74 Å². The first-order chi connectivity index (χ1) is 7.65. The van der Waals surface area contributed by atoms with Crippen molar-refractivity contribution < 1.29 is 19.4 Å². The van der Waals surface area contributed by atoms with Crippen LogP contribution in [0, 0.1) is 0 Å². The van der Waals surface area contributed by atoms with Crippen LogP contribution in [0.25, 0.3) is 0 Å². The second kappa shape index (κ2) is 6.02. The number of aromatic carboxylic acids is 1. The van der Waals surface area contributed by atoms with E-state index in [4.69, 9.17) is 14.6 Å². The molecule has 1 N–H and O–H groups in total. The van der Waals surface area contributed by atoms with E-state index in [-0.39, 0.29) is 17.7 Å². The summed E-state index contributed by atoms with van der Waals surface area (Å²) in [6, 6.07) is 0. The zero-order chi connectivity index (χ0) is 12.0. The molecule has 0 radical (unpaired) electrons. The molecule has 1 heterocycles. The summed E-state index contributed by atoms with van der Waals surface area (Å²) in [5.41, 5.74) is -0.189. The zero-order valence-corrected chi connectivity index (χ0v) is 9.21. The van der Waals surface area contributed by atoms with Crippen LogP contribution in [0.5, 0.6) is 5.88 Å². The average molecular weight is 226 g/mol. The van der Waals surface area contributed by atoms with Gasteiger partial charge in [0, 0.05) is 19.0 Å². The molecule has 0 aliphatic heterocycles. The van der Waals surface area contributed by atoms with Crippen molar-refractivity contribution in [2.75, 3.05) is 13.2 Å². The van der Waals surface area contributed by atoms with Gasteiger partial charge < -0.3 is 14.6 Å². The average Bonchev–Trinajstić information content (AvgIpc) is 2.27. The SMILES string of the molecule is CCOCC(C)Oc1nccnc1C(=O)O. The second-order valence-corrected chi connectivity index (χ2v) is 3.10. The van der Waals surface area contributed by atoms with E-state index in [1.165, 1.54) is 12.4 Å². The summed E-state index contributed by atoms with van der Waals surface area (Å²) in [5, 5.41) is 8.84. The fourth-order valence-corrected chi connectivity index (χ4v) is 1.07. The Morgan fingerprint density at radius 3 is 2.81 bits per heavy atom. The number of rotatable bonds is 6. The van der Waals surface area contributed by atoms with Gasteiger partial charge in [-0.05, 0) is 13.8 Å². The van der Waals surface area contributed by atoms with E-state index >= 15 is 0 Å². The van der Waals surface area contributed by atoms with Crippen molar-refractivity contribution in [2.24, 2.45) is 0 Å². The van der Waals surface area contributed by atoms with Gasteiger partial charge in [-0.2, -0.15) is 0 Å². The van der Waals surface area contributed by atoms with E-state index in [0.717, 1.165) is 0 Å². The van der Waals surface area contributed by atoms with Crippen molar-refractivity contribution in [3.05, 3.63) is 18.1 Å². The van der Waals surface area contributed by atoms with Crippen molar-refractivity contribution in [2.45, 2.75) is 20.0 Å². The largest absolute Gasteiger partial charge is 0.476 e. The van der Waals surface area contributed by atoms with Gasteiger partial charge in [-0.25, -0.2) is 14.8 Å². The van der Waals surface area contributed by atoms with E-state index in [1.807, 2.05) is 6.92 Å². The maximum absolute atomic E-state index is 10.8. The molecule has 1 aromatic rings. The van der Waals surface area contributed by atoms with E-state index < -0.39 is 5.97 Å². The van der Waals surface area contributed by atoms with Crippen molar-refractivity contribution in [1.82, 2.24) is 9.97 Å². The normalized spacial score (nSPS) is 12.1. The minimum Gasteiger partial charge on any atom is -0.476 e. The molecule has 0 aromatic carbocycles. The van der Waals surface area contributed by atoms with E-state index in [2.05, 4.69) is 9.97 Å². The number of aromatic nitrogens is 2. The van der Waals surface area contributed by atoms with Gasteiger partial charge in [-0.15, -0.1) is 0 Å². The highest BCUT2D eigenvalue weighted by atomic mass is 16.5. The van der Waals surface area contributed by atoms with E-state index in [0.29, 0.717) is 13.2 Å². The highest BCUT2D eigenvalue weighted by Gasteiger charge is 2.16. The first-order valence-electron chi connectivity index (χ1n) is 4.93. The second-order valence-electron chi connectivity index (χ2n) is 3.10. The molecule has 6 nitrogen and oxygen atoms in total. The Bertz CT molecular complexity index is 356. The maximum atomic E-state index is 10.8. The monoisotopic (exact) mass is 226 g/mol. The van der Waals surface area contributed by atoms with Crippen molar-refractivity contribution in [3.8, 4) is 5.88 Å². The van der Waals surface area contributed by atoms with Crippen molar-refractivity contribution in [1.29, 1.82) is 0 Å². The fraction of sp³-hybridized carbons (Fsp3) is 0.500. The standard InChI is InChI=1S/C10H14N2O4/c1-3-15-6-7(2)16-9-8(10(13)14)11-4-5-12-9/h4-5,7H,3,6H2,1-2H3,(H,13,14). The summed E-state index contributed by atoms with van der Waals surface area (Å²) in [7, 11) is 0. The number of nitrogens with zero attached hydrogens (tertiary/aromatic N) is 2. The van der Waals surface area contributed by atoms with Gasteiger partial charge in [0.1, 0.15) is 6.10 Å². The minimum atomic E-state index is -1.16. The van der Waals surface area contributed by atoms with Gasteiger partial charge in [-0.3, -0.25) is 0 Å². The summed E-state index contributed by atoms with van der Waals surface area (Å²) in [6.07, 6.45) is 2.42. The first kappa shape index (κ1) is 12.4. The Labute approximate surface area is 93.2 Å². The van der Waals surface area contributed by atoms with Crippen LogP contribution in [0.1, 0.15) is 24.3 Å². The fourth-order valence-electron chi connectivity index (χ4n) is 1.07. The third-order valence-corrected chi connectivity index (χ3v) is 1.74. The Morgan fingerprint density at radius 1 is 1.50 bits per heavy atom. The van der Waals surface area contributed by atoms with Crippen LogP contribution in [0.2, 0.25) is 0 Å². The van der Waals surface area contributed by atoms with Gasteiger partial charge in [0.25, 0.3) is 0 Å². The molecular weight excluding hydrogens is 212 g/mol. The first-order valence-corrected chi connectivity index (χ1v) is 4.93. The lowest BCUT2D eigenvalue weighted by Crippen LogP contribution is -2.21. The van der Waals surface area contributed by atoms with Crippen molar-refractivity contribution in [3.63, 3.8) is 0 Å². The predicted octanol–water partition coefficient (Wildman–Crippen LogP) is 0.979. The van der Waals surface area contributed by atoms with E-state index in [1.54, 1.807) is 6.92 Å². The lowest BCUT2D eigenvalue weighted by Gasteiger charge is -2.14. The smallest absolute Gasteiger partial charge is 0.360 e. The minimum absolute atomic E-state index is 0.0159. The molecule has 0 saturated heterocycles. The zero-order valence-electron chi connectivity index (χ0n) is 9.21. The number of carbonyl (C=O) groups is 1. The molecule has 1 atom stereocenters. The molecule has 0 amide bonds. The molecule has 16 heavy (non-hydrogen) atoms. The number of carboxylic acids is 1. The Kier molecular flexibility index (Phi) is 4.65. The number of carboxylic acid groups (broad SMARTS) is 1. The predicted molar refractivity (Wildman–Crippen MR) is 55.6 cm³/mol. The molecule has 88 valence electrons.